The summed E-state index contributed by atoms with van der Waals surface area (Å²) in [6, 6.07) is 0.273. The third-order valence-corrected chi connectivity index (χ3v) is 4.08. The van der Waals surface area contributed by atoms with Crippen LogP contribution in [-0.4, -0.2) is 38.8 Å². The fourth-order valence-electron chi connectivity index (χ4n) is 2.36. The summed E-state index contributed by atoms with van der Waals surface area (Å²) in [6.07, 6.45) is 4.05. The molecule has 1 fully saturated rings. The van der Waals surface area contributed by atoms with Crippen molar-refractivity contribution in [3.63, 3.8) is 0 Å². The number of halogens is 1. The lowest BCUT2D eigenvalue weighted by molar-refractivity contribution is -0.136. The monoisotopic (exact) mass is 338 g/mol. The number of carbonyl (C=O) groups is 1. The molecule has 0 saturated carbocycles. The smallest absolute Gasteiger partial charge is 0.227 e. The summed E-state index contributed by atoms with van der Waals surface area (Å²) in [6.45, 7) is 5.11. The Morgan fingerprint density at radius 1 is 1.50 bits per heavy atom. The lowest BCUT2D eigenvalue weighted by atomic mass is 10.1. The fourth-order valence-corrected chi connectivity index (χ4v) is 2.66. The van der Waals surface area contributed by atoms with E-state index in [-0.39, 0.29) is 11.9 Å². The quantitative estimate of drug-likeness (QED) is 0.857. The maximum absolute atomic E-state index is 12.2. The highest BCUT2D eigenvalue weighted by Gasteiger charge is 2.32. The van der Waals surface area contributed by atoms with Gasteiger partial charge in [0, 0.05) is 24.8 Å². The summed E-state index contributed by atoms with van der Waals surface area (Å²) in [7, 11) is 0. The zero-order valence-electron chi connectivity index (χ0n) is 11.3. The van der Waals surface area contributed by atoms with Gasteiger partial charge >= 0.3 is 0 Å². The highest BCUT2D eigenvalue weighted by molar-refractivity contribution is 9.10. The minimum absolute atomic E-state index is 0.113. The second-order valence-electron chi connectivity index (χ2n) is 5.07. The topological polar surface area (TPSA) is 64.2 Å². The third kappa shape index (κ3) is 2.37. The zero-order chi connectivity index (χ0) is 14.3. The molecule has 0 atom stereocenters. The molecule has 106 valence electrons. The minimum Gasteiger partial charge on any atom is -0.361 e. The van der Waals surface area contributed by atoms with Crippen molar-refractivity contribution in [3.05, 3.63) is 33.9 Å². The van der Waals surface area contributed by atoms with E-state index in [4.69, 9.17) is 4.52 Å². The first kappa shape index (κ1) is 13.4. The molecule has 0 radical (unpaired) electrons. The Labute approximate surface area is 124 Å². The van der Waals surface area contributed by atoms with E-state index in [1.807, 2.05) is 29.6 Å². The Hall–Kier alpha value is -1.63. The van der Waals surface area contributed by atoms with Gasteiger partial charge in [0.25, 0.3) is 0 Å². The molecule has 2 aromatic heterocycles. The van der Waals surface area contributed by atoms with E-state index >= 15 is 0 Å². The molecule has 0 aromatic carbocycles. The van der Waals surface area contributed by atoms with Gasteiger partial charge in [-0.25, -0.2) is 0 Å². The predicted molar refractivity (Wildman–Crippen MR) is 75.2 cm³/mol. The summed E-state index contributed by atoms with van der Waals surface area (Å²) in [5.74, 6) is 0.839. The largest absolute Gasteiger partial charge is 0.361 e. The molecule has 0 aliphatic carbocycles. The zero-order valence-corrected chi connectivity index (χ0v) is 12.9. The molecule has 1 aliphatic rings. The summed E-state index contributed by atoms with van der Waals surface area (Å²) in [5.41, 5.74) is 1.70. The average molecular weight is 339 g/mol. The van der Waals surface area contributed by atoms with Gasteiger partial charge in [0.15, 0.2) is 0 Å². The Balaban J connectivity index is 1.59. The summed E-state index contributed by atoms with van der Waals surface area (Å²) in [5, 5.41) is 8.11. The van der Waals surface area contributed by atoms with Crippen LogP contribution in [0.25, 0.3) is 0 Å². The van der Waals surface area contributed by atoms with Gasteiger partial charge in [-0.15, -0.1) is 0 Å². The van der Waals surface area contributed by atoms with Crippen molar-refractivity contribution in [2.24, 2.45) is 0 Å². The van der Waals surface area contributed by atoms with Gasteiger partial charge in [0.1, 0.15) is 5.76 Å². The molecule has 20 heavy (non-hydrogen) atoms. The number of nitrogens with zero attached hydrogens (tertiary/aromatic N) is 4. The molecule has 3 rings (SSSR count). The third-order valence-electron chi connectivity index (χ3n) is 3.67. The number of likely N-dealkylation sites (tertiary alicyclic amines) is 1. The molecule has 0 bridgehead atoms. The number of carbonyl (C=O) groups excluding carboxylic acids is 1. The van der Waals surface area contributed by atoms with Crippen molar-refractivity contribution in [2.45, 2.75) is 26.3 Å². The maximum Gasteiger partial charge on any atom is 0.227 e. The Morgan fingerprint density at radius 3 is 2.80 bits per heavy atom. The molecule has 2 aromatic rings. The van der Waals surface area contributed by atoms with Crippen molar-refractivity contribution >= 4 is 21.8 Å². The van der Waals surface area contributed by atoms with Crippen LogP contribution in [-0.2, 0) is 11.2 Å². The Kier molecular flexibility index (Phi) is 3.37. The van der Waals surface area contributed by atoms with Gasteiger partial charge in [-0.3, -0.25) is 9.48 Å². The van der Waals surface area contributed by atoms with Gasteiger partial charge in [0.05, 0.1) is 28.8 Å². The van der Waals surface area contributed by atoms with E-state index in [2.05, 4.69) is 26.2 Å². The van der Waals surface area contributed by atoms with E-state index < -0.39 is 0 Å². The Morgan fingerprint density at radius 2 is 2.25 bits per heavy atom. The first-order valence-electron chi connectivity index (χ1n) is 6.44. The first-order chi connectivity index (χ1) is 9.54. The molecular formula is C13H15BrN4O2. The molecule has 1 aliphatic heterocycles. The number of hydrogen-bond acceptors (Lipinski definition) is 4. The van der Waals surface area contributed by atoms with E-state index in [0.717, 1.165) is 21.5 Å². The molecule has 1 amide bonds. The number of rotatable bonds is 3. The van der Waals surface area contributed by atoms with Crippen molar-refractivity contribution in [1.29, 1.82) is 0 Å². The van der Waals surface area contributed by atoms with Crippen LogP contribution in [0, 0.1) is 13.8 Å². The van der Waals surface area contributed by atoms with Crippen molar-refractivity contribution in [1.82, 2.24) is 19.8 Å². The highest BCUT2D eigenvalue weighted by Crippen LogP contribution is 2.24. The molecule has 7 heteroatoms. The van der Waals surface area contributed by atoms with Crippen LogP contribution in [0.2, 0.25) is 0 Å². The van der Waals surface area contributed by atoms with E-state index in [0.29, 0.717) is 19.5 Å². The molecule has 0 unspecified atom stereocenters. The molecule has 1 saturated heterocycles. The van der Waals surface area contributed by atoms with Crippen LogP contribution in [0.5, 0.6) is 0 Å². The second kappa shape index (κ2) is 5.05. The van der Waals surface area contributed by atoms with Gasteiger partial charge < -0.3 is 9.42 Å². The minimum atomic E-state index is 0.113. The molecule has 6 nitrogen and oxygen atoms in total. The lowest BCUT2D eigenvalue weighted by Crippen LogP contribution is -2.51. The van der Waals surface area contributed by atoms with E-state index in [1.54, 1.807) is 6.20 Å². The predicted octanol–water partition coefficient (Wildman–Crippen LogP) is 1.88. The number of hydrogen-bond donors (Lipinski definition) is 0. The van der Waals surface area contributed by atoms with E-state index in [9.17, 15) is 4.79 Å². The second-order valence-corrected chi connectivity index (χ2v) is 5.99. The van der Waals surface area contributed by atoms with Crippen LogP contribution in [0.1, 0.15) is 23.1 Å². The summed E-state index contributed by atoms with van der Waals surface area (Å²) in [4.78, 5) is 14.0. The van der Waals surface area contributed by atoms with Crippen LogP contribution in [0.4, 0.5) is 0 Å². The van der Waals surface area contributed by atoms with Crippen molar-refractivity contribution in [2.75, 3.05) is 13.1 Å². The molecule has 0 spiro atoms. The molecule has 0 N–H and O–H groups in total. The highest BCUT2D eigenvalue weighted by atomic mass is 79.9. The van der Waals surface area contributed by atoms with Gasteiger partial charge in [-0.2, -0.15) is 5.10 Å². The van der Waals surface area contributed by atoms with Gasteiger partial charge in [0.2, 0.25) is 5.91 Å². The number of aromatic nitrogens is 3. The van der Waals surface area contributed by atoms with Crippen LogP contribution < -0.4 is 0 Å². The van der Waals surface area contributed by atoms with Crippen LogP contribution in [0.15, 0.2) is 21.4 Å². The summed E-state index contributed by atoms with van der Waals surface area (Å²) >= 11 is 3.37. The Bertz CT molecular complexity index is 623. The summed E-state index contributed by atoms with van der Waals surface area (Å²) < 4.78 is 7.93. The standard InChI is InChI=1S/C13H15BrN4O2/c1-8-12(9(2)20-16-8)3-13(19)17-6-11(7-17)18-5-10(14)4-15-18/h4-5,11H,3,6-7H2,1-2H3. The number of amides is 1. The van der Waals surface area contributed by atoms with Crippen molar-refractivity contribution in [3.8, 4) is 0 Å². The number of aryl methyl sites for hydroxylation is 2. The molecular weight excluding hydrogens is 324 g/mol. The van der Waals surface area contributed by atoms with Gasteiger partial charge in [-0.05, 0) is 29.8 Å². The SMILES string of the molecule is Cc1noc(C)c1CC(=O)N1CC(n2cc(Br)cn2)C1. The first-order valence-corrected chi connectivity index (χ1v) is 7.23. The van der Waals surface area contributed by atoms with Crippen LogP contribution in [0.3, 0.4) is 0 Å². The van der Waals surface area contributed by atoms with Crippen LogP contribution >= 0.6 is 15.9 Å². The van der Waals surface area contributed by atoms with Gasteiger partial charge in [-0.1, -0.05) is 5.16 Å². The molecule has 3 heterocycles. The average Bonchev–Trinajstić information content (AvgIpc) is 2.88. The normalized spacial score (nSPS) is 15.4. The van der Waals surface area contributed by atoms with Crippen molar-refractivity contribution < 1.29 is 9.32 Å². The van der Waals surface area contributed by atoms with E-state index in [1.165, 1.54) is 0 Å². The maximum atomic E-state index is 12.2. The fraction of sp³-hybridized carbons (Fsp3) is 0.462. The lowest BCUT2D eigenvalue weighted by Gasteiger charge is -2.39.